The van der Waals surface area contributed by atoms with Gasteiger partial charge in [0.15, 0.2) is 23.2 Å². The van der Waals surface area contributed by atoms with Crippen molar-refractivity contribution >= 4 is 5.57 Å². The summed E-state index contributed by atoms with van der Waals surface area (Å²) >= 11 is 0. The Hall–Kier alpha value is -3.05. The molecule has 5 heteroatoms. The first-order chi connectivity index (χ1) is 16.0. The molecular formula is C28H27F3O2. The molecule has 2 nitrogen and oxygen atoms in total. The number of methoxy groups -OCH3 is 1. The van der Waals surface area contributed by atoms with Gasteiger partial charge in [-0.1, -0.05) is 48.5 Å². The van der Waals surface area contributed by atoms with E-state index in [1.165, 1.54) is 13.2 Å². The second-order valence-corrected chi connectivity index (χ2v) is 8.51. The summed E-state index contributed by atoms with van der Waals surface area (Å²) in [5.74, 6) is -1.39. The highest BCUT2D eigenvalue weighted by molar-refractivity contribution is 5.67. The Morgan fingerprint density at radius 1 is 0.939 bits per heavy atom. The summed E-state index contributed by atoms with van der Waals surface area (Å²) in [7, 11) is 1.44. The van der Waals surface area contributed by atoms with E-state index in [0.29, 0.717) is 23.5 Å². The summed E-state index contributed by atoms with van der Waals surface area (Å²) in [6, 6.07) is 15.1. The predicted molar refractivity (Wildman–Crippen MR) is 124 cm³/mol. The molecule has 172 valence electrons. The molecule has 0 saturated carbocycles. The van der Waals surface area contributed by atoms with Crippen LogP contribution in [0.2, 0.25) is 0 Å². The minimum absolute atomic E-state index is 0.0924. The molecule has 0 radical (unpaired) electrons. The highest BCUT2D eigenvalue weighted by atomic mass is 19.2. The fourth-order valence-corrected chi connectivity index (χ4v) is 4.43. The van der Waals surface area contributed by atoms with Gasteiger partial charge >= 0.3 is 0 Å². The van der Waals surface area contributed by atoms with E-state index >= 15 is 0 Å². The van der Waals surface area contributed by atoms with Crippen LogP contribution >= 0.6 is 0 Å². The first-order valence-corrected chi connectivity index (χ1v) is 11.2. The molecule has 1 aliphatic rings. The van der Waals surface area contributed by atoms with E-state index in [9.17, 15) is 13.2 Å². The van der Waals surface area contributed by atoms with E-state index < -0.39 is 11.6 Å². The molecule has 1 aliphatic carbocycles. The topological polar surface area (TPSA) is 29.5 Å². The Labute approximate surface area is 192 Å². The Morgan fingerprint density at radius 3 is 2.33 bits per heavy atom. The number of ether oxygens (including phenoxy) is 1. The summed E-state index contributed by atoms with van der Waals surface area (Å²) < 4.78 is 48.5. The number of aliphatic hydroxyl groups is 1. The second-order valence-electron chi connectivity index (χ2n) is 8.51. The van der Waals surface area contributed by atoms with E-state index in [-0.39, 0.29) is 23.7 Å². The summed E-state index contributed by atoms with van der Waals surface area (Å²) in [5, 5.41) is 9.15. The van der Waals surface area contributed by atoms with Crippen molar-refractivity contribution in [2.45, 2.75) is 38.7 Å². The molecule has 0 bridgehead atoms. The summed E-state index contributed by atoms with van der Waals surface area (Å²) in [6.45, 7) is -0.0924. The quantitative estimate of drug-likeness (QED) is 0.415. The average Bonchev–Trinajstić information content (AvgIpc) is 2.85. The first-order valence-electron chi connectivity index (χ1n) is 11.2. The number of hydrogen-bond acceptors (Lipinski definition) is 2. The lowest BCUT2D eigenvalue weighted by Gasteiger charge is -2.22. The minimum atomic E-state index is -0.836. The van der Waals surface area contributed by atoms with E-state index in [0.717, 1.165) is 42.4 Å². The molecule has 0 fully saturated rings. The van der Waals surface area contributed by atoms with E-state index in [1.54, 1.807) is 42.5 Å². The standard InChI is InChI=1S/C28H27F3O2/c1-33-26-15-13-23(16-25(26)29)20-7-2-18(3-8-20)4-11-22-12-14-24(28(31)27(22)30)21-9-5-19(17-32)6-10-21/h5-7,9-10,12-16,18,32H,2-4,8,11,17H2,1H3. The maximum absolute atomic E-state index is 14.8. The van der Waals surface area contributed by atoms with Crippen molar-refractivity contribution in [3.8, 4) is 16.9 Å². The zero-order chi connectivity index (χ0) is 23.4. The third kappa shape index (κ3) is 5.14. The van der Waals surface area contributed by atoms with Crippen LogP contribution in [0.15, 0.2) is 60.7 Å². The van der Waals surface area contributed by atoms with Crippen molar-refractivity contribution in [2.75, 3.05) is 7.11 Å². The van der Waals surface area contributed by atoms with Gasteiger partial charge < -0.3 is 9.84 Å². The van der Waals surface area contributed by atoms with Crippen LogP contribution < -0.4 is 4.74 Å². The van der Waals surface area contributed by atoms with Crippen LogP contribution in [0.1, 0.15) is 42.4 Å². The number of aliphatic hydroxyl groups excluding tert-OH is 1. The molecule has 3 aromatic carbocycles. The summed E-state index contributed by atoms with van der Waals surface area (Å²) in [6.07, 6.45) is 5.96. The van der Waals surface area contributed by atoms with Crippen LogP contribution in [0.25, 0.3) is 16.7 Å². The fourth-order valence-electron chi connectivity index (χ4n) is 4.43. The van der Waals surface area contributed by atoms with Crippen molar-refractivity contribution in [3.05, 3.63) is 94.8 Å². The van der Waals surface area contributed by atoms with Crippen molar-refractivity contribution < 1.29 is 23.0 Å². The predicted octanol–water partition coefficient (Wildman–Crippen LogP) is 7.09. The summed E-state index contributed by atoms with van der Waals surface area (Å²) in [4.78, 5) is 0. The number of rotatable bonds is 7. The van der Waals surface area contributed by atoms with Gasteiger partial charge in [0.2, 0.25) is 0 Å². The monoisotopic (exact) mass is 452 g/mol. The van der Waals surface area contributed by atoms with Crippen LogP contribution in [0.3, 0.4) is 0 Å². The smallest absolute Gasteiger partial charge is 0.166 e. The fraction of sp³-hybridized carbons (Fsp3) is 0.286. The Balaban J connectivity index is 1.39. The maximum atomic E-state index is 14.8. The first kappa shape index (κ1) is 23.1. The lowest BCUT2D eigenvalue weighted by molar-refractivity contribution is 0.282. The van der Waals surface area contributed by atoms with Gasteiger partial charge in [0, 0.05) is 5.56 Å². The van der Waals surface area contributed by atoms with Crippen molar-refractivity contribution in [2.24, 2.45) is 5.92 Å². The van der Waals surface area contributed by atoms with Gasteiger partial charge in [-0.3, -0.25) is 0 Å². The number of allylic oxidation sites excluding steroid dienone is 2. The average molecular weight is 453 g/mol. The van der Waals surface area contributed by atoms with Crippen molar-refractivity contribution in [1.29, 1.82) is 0 Å². The second kappa shape index (κ2) is 10.3. The van der Waals surface area contributed by atoms with Gasteiger partial charge in [0.05, 0.1) is 13.7 Å². The molecule has 0 aromatic heterocycles. The number of aryl methyl sites for hydroxylation is 1. The maximum Gasteiger partial charge on any atom is 0.166 e. The Kier molecular flexibility index (Phi) is 7.19. The third-order valence-corrected chi connectivity index (χ3v) is 6.47. The van der Waals surface area contributed by atoms with Gasteiger partial charge in [0.25, 0.3) is 0 Å². The molecule has 0 heterocycles. The zero-order valence-electron chi connectivity index (χ0n) is 18.6. The number of benzene rings is 3. The van der Waals surface area contributed by atoms with Gasteiger partial charge in [-0.15, -0.1) is 0 Å². The van der Waals surface area contributed by atoms with E-state index in [1.807, 2.05) is 6.07 Å². The highest BCUT2D eigenvalue weighted by Crippen LogP contribution is 2.34. The van der Waals surface area contributed by atoms with Crippen LogP contribution in [-0.4, -0.2) is 12.2 Å². The SMILES string of the molecule is COc1ccc(C2=CCC(CCc3ccc(-c4ccc(CO)cc4)c(F)c3F)CC2)cc1F. The Bertz CT molecular complexity index is 1150. The molecule has 1 unspecified atom stereocenters. The van der Waals surface area contributed by atoms with E-state index in [4.69, 9.17) is 9.84 Å². The molecule has 0 saturated heterocycles. The molecule has 0 amide bonds. The molecule has 3 aromatic rings. The summed E-state index contributed by atoms with van der Waals surface area (Å²) in [5.41, 5.74) is 3.88. The number of halogens is 3. The molecular weight excluding hydrogens is 425 g/mol. The third-order valence-electron chi connectivity index (χ3n) is 6.47. The normalized spacial score (nSPS) is 15.9. The molecule has 1 atom stereocenters. The van der Waals surface area contributed by atoms with Crippen molar-refractivity contribution in [1.82, 2.24) is 0 Å². The molecule has 33 heavy (non-hydrogen) atoms. The molecule has 4 rings (SSSR count). The molecule has 0 spiro atoms. The van der Waals surface area contributed by atoms with Crippen LogP contribution in [0, 0.1) is 23.4 Å². The van der Waals surface area contributed by atoms with Gasteiger partial charge in [-0.05, 0) is 78.0 Å². The van der Waals surface area contributed by atoms with Gasteiger partial charge in [-0.2, -0.15) is 0 Å². The molecule has 1 N–H and O–H groups in total. The van der Waals surface area contributed by atoms with Gasteiger partial charge in [0.1, 0.15) is 0 Å². The van der Waals surface area contributed by atoms with Crippen LogP contribution in [0.4, 0.5) is 13.2 Å². The Morgan fingerprint density at radius 2 is 1.70 bits per heavy atom. The number of hydrogen-bond donors (Lipinski definition) is 1. The van der Waals surface area contributed by atoms with Gasteiger partial charge in [-0.25, -0.2) is 13.2 Å². The van der Waals surface area contributed by atoms with Crippen LogP contribution in [0.5, 0.6) is 5.75 Å². The minimum Gasteiger partial charge on any atom is -0.494 e. The lowest BCUT2D eigenvalue weighted by Crippen LogP contribution is -2.08. The van der Waals surface area contributed by atoms with Crippen LogP contribution in [-0.2, 0) is 13.0 Å². The zero-order valence-corrected chi connectivity index (χ0v) is 18.6. The highest BCUT2D eigenvalue weighted by Gasteiger charge is 2.19. The largest absolute Gasteiger partial charge is 0.494 e. The van der Waals surface area contributed by atoms with E-state index in [2.05, 4.69) is 6.08 Å². The van der Waals surface area contributed by atoms with Crippen molar-refractivity contribution in [3.63, 3.8) is 0 Å². The molecule has 0 aliphatic heterocycles. The lowest BCUT2D eigenvalue weighted by atomic mass is 9.83.